The number of ether oxygens (including phenoxy) is 2. The van der Waals surface area contributed by atoms with Crippen LogP contribution in [-0.2, 0) is 28.7 Å². The molecule has 0 radical (unpaired) electrons. The smallest absolute Gasteiger partial charge is 0.408 e. The number of carbonyl (C=O) groups excluding carboxylic acids is 5. The lowest BCUT2D eigenvalue weighted by atomic mass is 9.96. The second kappa shape index (κ2) is 15.2. The lowest BCUT2D eigenvalue weighted by Crippen LogP contribution is -2.53. The molecule has 2 atom stereocenters. The normalized spacial score (nSPS) is 12.3. The number of alkyl carbamates (subject to hydrolysis) is 1. The van der Waals surface area contributed by atoms with E-state index in [-0.39, 0.29) is 19.4 Å². The van der Waals surface area contributed by atoms with E-state index < -0.39 is 54.0 Å². The average molecular weight is 531 g/mol. The molecular weight excluding hydrogens is 492 g/mol. The molecule has 208 valence electrons. The Morgan fingerprint density at radius 3 is 2.37 bits per heavy atom. The van der Waals surface area contributed by atoms with Crippen LogP contribution in [0.25, 0.3) is 0 Å². The van der Waals surface area contributed by atoms with Gasteiger partial charge in [0.05, 0.1) is 7.11 Å². The summed E-state index contributed by atoms with van der Waals surface area (Å²) in [4.78, 5) is 64.5. The maximum Gasteiger partial charge on any atom is 0.408 e. The van der Waals surface area contributed by atoms with Crippen molar-refractivity contribution in [2.75, 3.05) is 20.2 Å². The second-order valence-corrected chi connectivity index (χ2v) is 9.52. The minimum Gasteiger partial charge on any atom is -0.468 e. The van der Waals surface area contributed by atoms with Crippen LogP contribution in [0.4, 0.5) is 4.79 Å². The van der Waals surface area contributed by atoms with Gasteiger partial charge in [-0.3, -0.25) is 19.2 Å². The van der Waals surface area contributed by atoms with Crippen molar-refractivity contribution in [3.63, 3.8) is 0 Å². The van der Waals surface area contributed by atoms with E-state index in [0.29, 0.717) is 24.0 Å². The molecule has 0 bridgehead atoms. The number of nitrogens with zero attached hydrogens (tertiary/aromatic N) is 1. The number of hydrogen-bond acceptors (Lipinski definition) is 7. The standard InChI is InChI=1S/C27H38N4O7/c1-7-9-16-31(25(35)20(14-15-21(28)32)30-26(36)38-27(3,4)5)23(24(34)29-17-22(33)37-6)19-13-11-10-12-18(19)8-2/h2,10-13,20,23H,7,9,14-17H2,1,3-6H3,(H2,28,32)(H,29,34)(H,30,36). The van der Waals surface area contributed by atoms with Gasteiger partial charge in [0.2, 0.25) is 17.7 Å². The predicted molar refractivity (Wildman–Crippen MR) is 140 cm³/mol. The summed E-state index contributed by atoms with van der Waals surface area (Å²) in [5.74, 6) is -0.141. The predicted octanol–water partition coefficient (Wildman–Crippen LogP) is 1.79. The summed E-state index contributed by atoms with van der Waals surface area (Å²) in [7, 11) is 1.18. The van der Waals surface area contributed by atoms with Gasteiger partial charge in [-0.05, 0) is 45.2 Å². The maximum absolute atomic E-state index is 14.0. The van der Waals surface area contributed by atoms with Crippen LogP contribution in [0, 0.1) is 12.3 Å². The van der Waals surface area contributed by atoms with Gasteiger partial charge in [0, 0.05) is 18.5 Å². The van der Waals surface area contributed by atoms with Gasteiger partial charge in [-0.1, -0.05) is 37.5 Å². The highest BCUT2D eigenvalue weighted by atomic mass is 16.6. The van der Waals surface area contributed by atoms with Crippen molar-refractivity contribution in [3.05, 3.63) is 35.4 Å². The Hall–Kier alpha value is -4.07. The van der Waals surface area contributed by atoms with Crippen molar-refractivity contribution in [1.82, 2.24) is 15.5 Å². The quantitative estimate of drug-likeness (QED) is 0.259. The first-order valence-corrected chi connectivity index (χ1v) is 12.3. The molecule has 0 saturated carbocycles. The first kappa shape index (κ1) is 32.0. The lowest BCUT2D eigenvalue weighted by molar-refractivity contribution is -0.145. The number of unbranched alkanes of at least 4 members (excludes halogenated alkanes) is 1. The van der Waals surface area contributed by atoms with Gasteiger partial charge in [-0.25, -0.2) is 4.79 Å². The lowest BCUT2D eigenvalue weighted by Gasteiger charge is -2.35. The van der Waals surface area contributed by atoms with Crippen molar-refractivity contribution in [2.45, 2.75) is 71.1 Å². The van der Waals surface area contributed by atoms with Gasteiger partial charge in [0.15, 0.2) is 0 Å². The molecule has 11 heteroatoms. The molecule has 0 aromatic heterocycles. The van der Waals surface area contributed by atoms with E-state index in [1.807, 2.05) is 6.92 Å². The SMILES string of the molecule is C#Cc1ccccc1C(C(=O)NCC(=O)OC)N(CCCC)C(=O)C(CCC(N)=O)NC(=O)OC(C)(C)C. The van der Waals surface area contributed by atoms with Gasteiger partial charge >= 0.3 is 12.1 Å². The molecule has 0 saturated heterocycles. The third-order valence-electron chi connectivity index (χ3n) is 5.31. The fourth-order valence-corrected chi connectivity index (χ4v) is 3.53. The Morgan fingerprint density at radius 1 is 1.16 bits per heavy atom. The zero-order valence-electron chi connectivity index (χ0n) is 22.7. The van der Waals surface area contributed by atoms with Crippen LogP contribution in [-0.4, -0.2) is 66.5 Å². The van der Waals surface area contributed by atoms with Crippen LogP contribution in [0.3, 0.4) is 0 Å². The molecule has 4 N–H and O–H groups in total. The molecule has 2 unspecified atom stereocenters. The number of terminal acetylenes is 1. The highest BCUT2D eigenvalue weighted by molar-refractivity contribution is 5.93. The third-order valence-corrected chi connectivity index (χ3v) is 5.31. The number of methoxy groups -OCH3 is 1. The molecule has 1 aromatic carbocycles. The van der Waals surface area contributed by atoms with Gasteiger partial charge < -0.3 is 30.7 Å². The molecule has 11 nitrogen and oxygen atoms in total. The number of amides is 4. The van der Waals surface area contributed by atoms with Gasteiger partial charge in [0.1, 0.15) is 24.2 Å². The largest absolute Gasteiger partial charge is 0.468 e. The summed E-state index contributed by atoms with van der Waals surface area (Å²) in [6.45, 7) is 6.60. The number of nitrogens with one attached hydrogen (secondary N) is 2. The Labute approximate surface area is 223 Å². The number of hydrogen-bond donors (Lipinski definition) is 3. The van der Waals surface area contributed by atoms with Crippen LogP contribution >= 0.6 is 0 Å². The van der Waals surface area contributed by atoms with Crippen LogP contribution in [0.2, 0.25) is 0 Å². The first-order valence-electron chi connectivity index (χ1n) is 12.3. The summed E-state index contributed by atoms with van der Waals surface area (Å²) >= 11 is 0. The third kappa shape index (κ3) is 10.5. The van der Waals surface area contributed by atoms with E-state index in [1.54, 1.807) is 45.0 Å². The van der Waals surface area contributed by atoms with Crippen molar-refractivity contribution >= 4 is 29.8 Å². The van der Waals surface area contributed by atoms with Crippen LogP contribution in [0.15, 0.2) is 24.3 Å². The Morgan fingerprint density at radius 2 is 1.82 bits per heavy atom. The van der Waals surface area contributed by atoms with E-state index in [0.717, 1.165) is 0 Å². The Kier molecular flexibility index (Phi) is 12.8. The first-order chi connectivity index (χ1) is 17.8. The summed E-state index contributed by atoms with van der Waals surface area (Å²) in [5.41, 5.74) is 5.19. The second-order valence-electron chi connectivity index (χ2n) is 9.52. The highest BCUT2D eigenvalue weighted by Gasteiger charge is 2.37. The monoisotopic (exact) mass is 530 g/mol. The molecular formula is C27H38N4O7. The van der Waals surface area contributed by atoms with Crippen LogP contribution in [0.1, 0.15) is 70.5 Å². The fourth-order valence-electron chi connectivity index (χ4n) is 3.53. The van der Waals surface area contributed by atoms with Crippen LogP contribution in [0.5, 0.6) is 0 Å². The molecule has 1 rings (SSSR count). The summed E-state index contributed by atoms with van der Waals surface area (Å²) in [6.07, 6.45) is 5.70. The zero-order chi connectivity index (χ0) is 28.9. The van der Waals surface area contributed by atoms with E-state index in [9.17, 15) is 24.0 Å². The average Bonchev–Trinajstić information content (AvgIpc) is 2.85. The van der Waals surface area contributed by atoms with E-state index in [2.05, 4.69) is 21.3 Å². The van der Waals surface area contributed by atoms with Crippen molar-refractivity contribution in [3.8, 4) is 12.3 Å². The number of nitrogens with two attached hydrogens (primary N) is 1. The molecule has 0 fully saturated rings. The van der Waals surface area contributed by atoms with Gasteiger partial charge in [-0.15, -0.1) is 6.42 Å². The zero-order valence-corrected chi connectivity index (χ0v) is 22.7. The minimum absolute atomic E-state index is 0.119. The molecule has 38 heavy (non-hydrogen) atoms. The topological polar surface area (TPSA) is 157 Å². The Bertz CT molecular complexity index is 1040. The number of esters is 1. The summed E-state index contributed by atoms with van der Waals surface area (Å²) in [6, 6.07) is 4.12. The van der Waals surface area contributed by atoms with Crippen molar-refractivity contribution in [1.29, 1.82) is 0 Å². The van der Waals surface area contributed by atoms with Crippen LogP contribution < -0.4 is 16.4 Å². The maximum atomic E-state index is 14.0. The molecule has 0 aliphatic heterocycles. The summed E-state index contributed by atoms with van der Waals surface area (Å²) in [5, 5.41) is 5.01. The van der Waals surface area contributed by atoms with Crippen molar-refractivity contribution < 1.29 is 33.4 Å². The molecule has 0 aliphatic carbocycles. The highest BCUT2D eigenvalue weighted by Crippen LogP contribution is 2.26. The van der Waals surface area contributed by atoms with E-state index in [1.165, 1.54) is 12.0 Å². The van der Waals surface area contributed by atoms with E-state index in [4.69, 9.17) is 16.9 Å². The van der Waals surface area contributed by atoms with Crippen molar-refractivity contribution in [2.24, 2.45) is 5.73 Å². The minimum atomic E-state index is -1.25. The van der Waals surface area contributed by atoms with Gasteiger partial charge in [0.25, 0.3) is 0 Å². The molecule has 0 heterocycles. The number of benzene rings is 1. The fraction of sp³-hybridized carbons (Fsp3) is 0.519. The molecule has 0 spiro atoms. The summed E-state index contributed by atoms with van der Waals surface area (Å²) < 4.78 is 9.91. The number of carbonyl (C=O) groups is 5. The van der Waals surface area contributed by atoms with Gasteiger partial charge in [-0.2, -0.15) is 0 Å². The molecule has 4 amide bonds. The number of primary amides is 1. The molecule has 1 aromatic rings. The number of rotatable bonds is 13. The Balaban J connectivity index is 3.56. The van der Waals surface area contributed by atoms with E-state index >= 15 is 0 Å². The molecule has 0 aliphatic rings.